The Balaban J connectivity index is 2.51. The molecule has 0 saturated carbocycles. The monoisotopic (exact) mass is 317 g/mol. The maximum atomic E-state index is 12.0. The Morgan fingerprint density at radius 1 is 1.60 bits per heavy atom. The highest BCUT2D eigenvalue weighted by molar-refractivity contribution is 7.98. The number of thioether (sulfide) groups is 1. The van der Waals surface area contributed by atoms with Crippen molar-refractivity contribution in [2.24, 2.45) is 0 Å². The van der Waals surface area contributed by atoms with Gasteiger partial charge in [0.2, 0.25) is 0 Å². The highest BCUT2D eigenvalue weighted by Crippen LogP contribution is 2.11. The van der Waals surface area contributed by atoms with E-state index in [-0.39, 0.29) is 24.3 Å². The number of thiazole rings is 1. The third-order valence-corrected chi connectivity index (χ3v) is 4.43. The molecule has 0 aliphatic carbocycles. The number of hydrogen-bond donors (Lipinski definition) is 2. The Labute approximate surface area is 126 Å². The van der Waals surface area contributed by atoms with Gasteiger partial charge in [-0.1, -0.05) is 6.92 Å². The van der Waals surface area contributed by atoms with E-state index < -0.39 is 5.97 Å². The van der Waals surface area contributed by atoms with E-state index >= 15 is 0 Å². The second-order valence-electron chi connectivity index (χ2n) is 4.22. The van der Waals surface area contributed by atoms with Gasteiger partial charge in [0.05, 0.1) is 6.54 Å². The number of rotatable bonds is 7. The number of nitrogens with zero attached hydrogens (tertiary/aromatic N) is 2. The van der Waals surface area contributed by atoms with Gasteiger partial charge in [-0.25, -0.2) is 14.6 Å². The number of nitrogens with one attached hydrogen (secondary N) is 1. The third kappa shape index (κ3) is 4.68. The van der Waals surface area contributed by atoms with Crippen LogP contribution in [0.1, 0.15) is 28.8 Å². The second kappa shape index (κ2) is 8.11. The molecular weight excluding hydrogens is 298 g/mol. The molecule has 20 heavy (non-hydrogen) atoms. The summed E-state index contributed by atoms with van der Waals surface area (Å²) in [5, 5.41) is 13.6. The molecule has 0 bridgehead atoms. The Bertz CT molecular complexity index is 465. The molecule has 1 aromatic rings. The molecule has 8 heteroatoms. The minimum atomic E-state index is -1.05. The topological polar surface area (TPSA) is 82.5 Å². The van der Waals surface area contributed by atoms with Gasteiger partial charge in [-0.3, -0.25) is 0 Å². The third-order valence-electron chi connectivity index (χ3n) is 2.86. The van der Waals surface area contributed by atoms with E-state index in [1.807, 2.05) is 13.2 Å². The van der Waals surface area contributed by atoms with Crippen molar-refractivity contribution in [1.29, 1.82) is 0 Å². The smallest absolute Gasteiger partial charge is 0.355 e. The fourth-order valence-corrected chi connectivity index (χ4v) is 3.18. The number of aromatic nitrogens is 1. The lowest BCUT2D eigenvalue weighted by Gasteiger charge is -2.26. The molecule has 112 valence electrons. The van der Waals surface area contributed by atoms with Crippen molar-refractivity contribution in [3.63, 3.8) is 0 Å². The van der Waals surface area contributed by atoms with Crippen molar-refractivity contribution >= 4 is 35.1 Å². The first-order valence-electron chi connectivity index (χ1n) is 6.16. The van der Waals surface area contributed by atoms with Crippen LogP contribution in [0.15, 0.2) is 5.38 Å². The van der Waals surface area contributed by atoms with Gasteiger partial charge in [0.25, 0.3) is 0 Å². The highest BCUT2D eigenvalue weighted by atomic mass is 32.2. The molecule has 0 aliphatic heterocycles. The number of aromatic carboxylic acids is 1. The number of carbonyl (C=O) groups excluding carboxylic acids is 1. The van der Waals surface area contributed by atoms with E-state index in [1.165, 1.54) is 16.7 Å². The van der Waals surface area contributed by atoms with Gasteiger partial charge >= 0.3 is 12.0 Å². The van der Waals surface area contributed by atoms with Crippen LogP contribution in [0, 0.1) is 0 Å². The first-order chi connectivity index (χ1) is 9.49. The summed E-state index contributed by atoms with van der Waals surface area (Å²) in [4.78, 5) is 28.3. The van der Waals surface area contributed by atoms with E-state index in [4.69, 9.17) is 5.11 Å². The molecular formula is C12H19N3O3S2. The lowest BCUT2D eigenvalue weighted by atomic mass is 10.2. The highest BCUT2D eigenvalue weighted by Gasteiger charge is 2.18. The summed E-state index contributed by atoms with van der Waals surface area (Å²) in [6, 6.07) is 0.0221. The summed E-state index contributed by atoms with van der Waals surface area (Å²) in [6.07, 6.45) is 2.91. The van der Waals surface area contributed by atoms with Gasteiger partial charge in [-0.05, 0) is 12.7 Å². The zero-order valence-electron chi connectivity index (χ0n) is 11.8. The standard InChI is InChI=1S/C12H19N3O3S2/c1-4-8(6-19-3)15(2)12(18)13-5-10-14-9(7-20-10)11(16)17/h7-8H,4-6H2,1-3H3,(H,13,18)(H,16,17). The molecule has 1 heterocycles. The average Bonchev–Trinajstić information content (AvgIpc) is 2.90. The minimum Gasteiger partial charge on any atom is -0.476 e. The first kappa shape index (κ1) is 16.8. The number of urea groups is 1. The largest absolute Gasteiger partial charge is 0.476 e. The molecule has 0 aromatic carbocycles. The Hall–Kier alpha value is -1.28. The van der Waals surface area contributed by atoms with Gasteiger partial charge in [0.1, 0.15) is 5.01 Å². The molecule has 0 aliphatic rings. The summed E-state index contributed by atoms with van der Waals surface area (Å²) < 4.78 is 0. The first-order valence-corrected chi connectivity index (χ1v) is 8.44. The van der Waals surface area contributed by atoms with E-state index in [2.05, 4.69) is 10.3 Å². The van der Waals surface area contributed by atoms with E-state index in [0.29, 0.717) is 5.01 Å². The molecule has 1 unspecified atom stereocenters. The summed E-state index contributed by atoms with van der Waals surface area (Å²) in [5.74, 6) is -0.164. The lowest BCUT2D eigenvalue weighted by Crippen LogP contribution is -2.44. The summed E-state index contributed by atoms with van der Waals surface area (Å²) in [5.41, 5.74) is 0.0152. The number of hydrogen-bond acceptors (Lipinski definition) is 5. The predicted molar refractivity (Wildman–Crippen MR) is 81.5 cm³/mol. The van der Waals surface area contributed by atoms with Crippen LogP contribution in [0.25, 0.3) is 0 Å². The second-order valence-corrected chi connectivity index (χ2v) is 6.07. The zero-order valence-corrected chi connectivity index (χ0v) is 13.4. The average molecular weight is 317 g/mol. The van der Waals surface area contributed by atoms with Gasteiger partial charge in [-0.2, -0.15) is 11.8 Å². The Kier molecular flexibility index (Phi) is 6.80. The molecule has 0 spiro atoms. The maximum absolute atomic E-state index is 12.0. The SMILES string of the molecule is CCC(CSC)N(C)C(=O)NCc1nc(C(=O)O)cs1. The molecule has 0 radical (unpaired) electrons. The molecule has 1 rings (SSSR count). The van der Waals surface area contributed by atoms with Crippen LogP contribution in [-0.4, -0.2) is 52.1 Å². The quantitative estimate of drug-likeness (QED) is 0.805. The summed E-state index contributed by atoms with van der Waals surface area (Å²) in [6.45, 7) is 2.29. The molecule has 0 fully saturated rings. The van der Waals surface area contributed by atoms with Gasteiger partial charge in [0, 0.05) is 24.2 Å². The van der Waals surface area contributed by atoms with Crippen molar-refractivity contribution in [2.75, 3.05) is 19.1 Å². The van der Waals surface area contributed by atoms with E-state index in [0.717, 1.165) is 12.2 Å². The number of carbonyl (C=O) groups is 2. The van der Waals surface area contributed by atoms with Crippen molar-refractivity contribution < 1.29 is 14.7 Å². The number of amides is 2. The van der Waals surface area contributed by atoms with E-state index in [9.17, 15) is 9.59 Å². The van der Waals surface area contributed by atoms with Crippen LogP contribution in [0.3, 0.4) is 0 Å². The molecule has 6 nitrogen and oxygen atoms in total. The predicted octanol–water partition coefficient (Wildman–Crippen LogP) is 2.12. The Morgan fingerprint density at radius 3 is 2.80 bits per heavy atom. The molecule has 0 saturated heterocycles. The van der Waals surface area contributed by atoms with Gasteiger partial charge in [-0.15, -0.1) is 11.3 Å². The summed E-state index contributed by atoms with van der Waals surface area (Å²) in [7, 11) is 1.77. The lowest BCUT2D eigenvalue weighted by molar-refractivity contribution is 0.0691. The molecule has 1 atom stereocenters. The molecule has 1 aromatic heterocycles. The van der Waals surface area contributed by atoms with Crippen LogP contribution in [0.2, 0.25) is 0 Å². The molecule has 2 N–H and O–H groups in total. The van der Waals surface area contributed by atoms with Crippen molar-refractivity contribution in [1.82, 2.24) is 15.2 Å². The summed E-state index contributed by atoms with van der Waals surface area (Å²) >= 11 is 2.93. The maximum Gasteiger partial charge on any atom is 0.355 e. The van der Waals surface area contributed by atoms with Crippen LogP contribution < -0.4 is 5.32 Å². The van der Waals surface area contributed by atoms with Crippen molar-refractivity contribution in [3.8, 4) is 0 Å². The van der Waals surface area contributed by atoms with Gasteiger partial charge in [0.15, 0.2) is 5.69 Å². The number of carboxylic acid groups (broad SMARTS) is 1. The fourth-order valence-electron chi connectivity index (χ4n) is 1.63. The van der Waals surface area contributed by atoms with Crippen molar-refractivity contribution in [2.45, 2.75) is 25.9 Å². The van der Waals surface area contributed by atoms with Crippen LogP contribution in [0.5, 0.6) is 0 Å². The van der Waals surface area contributed by atoms with Crippen LogP contribution >= 0.6 is 23.1 Å². The zero-order chi connectivity index (χ0) is 15.1. The molecule has 2 amide bonds. The van der Waals surface area contributed by atoms with Crippen LogP contribution in [0.4, 0.5) is 4.79 Å². The van der Waals surface area contributed by atoms with Crippen LogP contribution in [-0.2, 0) is 6.54 Å². The number of carboxylic acids is 1. The van der Waals surface area contributed by atoms with Crippen molar-refractivity contribution in [3.05, 3.63) is 16.1 Å². The van der Waals surface area contributed by atoms with E-state index in [1.54, 1.807) is 23.7 Å². The fraction of sp³-hybridized carbons (Fsp3) is 0.583. The minimum absolute atomic E-state index is 0.0152. The Morgan fingerprint density at radius 2 is 2.30 bits per heavy atom. The van der Waals surface area contributed by atoms with Gasteiger partial charge < -0.3 is 15.3 Å². The normalized spacial score (nSPS) is 11.9.